The summed E-state index contributed by atoms with van der Waals surface area (Å²) in [6.45, 7) is 2.66. The van der Waals surface area contributed by atoms with Gasteiger partial charge in [-0.15, -0.1) is 0 Å². The summed E-state index contributed by atoms with van der Waals surface area (Å²) in [6.07, 6.45) is 3.61. The molecule has 0 amide bonds. The Hall–Kier alpha value is -1.91. The Bertz CT molecular complexity index is 499. The fourth-order valence-corrected chi connectivity index (χ4v) is 2.15. The lowest BCUT2D eigenvalue weighted by Gasteiger charge is -2.16. The third-order valence-corrected chi connectivity index (χ3v) is 3.21. The minimum Gasteiger partial charge on any atom is -0.494 e. The van der Waals surface area contributed by atoms with Crippen LogP contribution in [-0.4, -0.2) is 11.6 Å². The van der Waals surface area contributed by atoms with Gasteiger partial charge in [-0.2, -0.15) is 0 Å². The topological polar surface area (TPSA) is 60.2 Å². The molecular weight excluding hydrogens is 250 g/mol. The number of nitrogens with one attached hydrogen (secondary N) is 1. The van der Waals surface area contributed by atoms with E-state index in [1.165, 1.54) is 0 Å². The van der Waals surface area contributed by atoms with E-state index >= 15 is 0 Å². The maximum Gasteiger partial charge on any atom is 0.119 e. The Kier molecular flexibility index (Phi) is 5.53. The number of ether oxygens (including phenoxy) is 1. The second-order valence-electron chi connectivity index (χ2n) is 4.58. The Morgan fingerprint density at radius 3 is 2.60 bits per heavy atom. The highest BCUT2D eigenvalue weighted by Crippen LogP contribution is 2.21. The molecule has 0 spiro atoms. The van der Waals surface area contributed by atoms with Crippen molar-refractivity contribution in [1.82, 2.24) is 10.4 Å². The van der Waals surface area contributed by atoms with Crippen LogP contribution in [0.5, 0.6) is 5.75 Å². The molecule has 4 heteroatoms. The Labute approximate surface area is 120 Å². The minimum absolute atomic E-state index is 0.118. The quantitative estimate of drug-likeness (QED) is 0.600. The van der Waals surface area contributed by atoms with Gasteiger partial charge in [0, 0.05) is 17.9 Å². The molecule has 0 saturated carbocycles. The van der Waals surface area contributed by atoms with Crippen LogP contribution in [0.25, 0.3) is 0 Å². The predicted molar refractivity (Wildman–Crippen MR) is 80.2 cm³/mol. The number of hydrazine groups is 1. The molecule has 3 N–H and O–H groups in total. The number of aromatic nitrogens is 1. The highest BCUT2D eigenvalue weighted by atomic mass is 16.5. The lowest BCUT2D eigenvalue weighted by molar-refractivity contribution is 0.340. The molecule has 1 heterocycles. The van der Waals surface area contributed by atoms with Gasteiger partial charge in [-0.3, -0.25) is 16.3 Å². The van der Waals surface area contributed by atoms with Crippen molar-refractivity contribution in [2.24, 2.45) is 5.84 Å². The zero-order chi connectivity index (χ0) is 14.2. The van der Waals surface area contributed by atoms with Crippen molar-refractivity contribution in [2.75, 3.05) is 6.61 Å². The average molecular weight is 271 g/mol. The molecule has 1 aromatic carbocycles. The summed E-state index contributed by atoms with van der Waals surface area (Å²) in [7, 11) is 0. The summed E-state index contributed by atoms with van der Waals surface area (Å²) in [5, 5.41) is 0. The van der Waals surface area contributed by atoms with Crippen molar-refractivity contribution in [3.05, 3.63) is 59.9 Å². The summed E-state index contributed by atoms with van der Waals surface area (Å²) in [5.41, 5.74) is 5.11. The van der Waals surface area contributed by atoms with Crippen molar-refractivity contribution in [2.45, 2.75) is 25.8 Å². The summed E-state index contributed by atoms with van der Waals surface area (Å²) in [6, 6.07) is 14.1. The predicted octanol–water partition coefficient (Wildman–Crippen LogP) is 2.62. The lowest BCUT2D eigenvalue weighted by atomic mass is 10.0. The smallest absolute Gasteiger partial charge is 0.119 e. The standard InChI is InChI=1S/C16H21N3O/c1-2-20-15-9-6-13(7-10-15)16(19-17)11-8-14-5-3-4-12-18-14/h3-7,9-10,12,16,19H,2,8,11,17H2,1H3. The van der Waals surface area contributed by atoms with E-state index in [9.17, 15) is 0 Å². The summed E-state index contributed by atoms with van der Waals surface area (Å²) in [5.74, 6) is 6.55. The van der Waals surface area contributed by atoms with Crippen molar-refractivity contribution in [1.29, 1.82) is 0 Å². The molecule has 0 bridgehead atoms. The van der Waals surface area contributed by atoms with Gasteiger partial charge in [-0.25, -0.2) is 0 Å². The van der Waals surface area contributed by atoms with E-state index in [-0.39, 0.29) is 6.04 Å². The number of hydrogen-bond donors (Lipinski definition) is 2. The van der Waals surface area contributed by atoms with Gasteiger partial charge in [0.15, 0.2) is 0 Å². The SMILES string of the molecule is CCOc1ccc(C(CCc2ccccn2)NN)cc1. The molecule has 1 unspecified atom stereocenters. The number of aryl methyl sites for hydroxylation is 1. The molecule has 0 saturated heterocycles. The van der Waals surface area contributed by atoms with E-state index in [1.807, 2.05) is 55.6 Å². The molecule has 2 aromatic rings. The number of rotatable bonds is 7. The van der Waals surface area contributed by atoms with Gasteiger partial charge in [-0.1, -0.05) is 18.2 Å². The van der Waals surface area contributed by atoms with Crippen molar-refractivity contribution in [3.8, 4) is 5.75 Å². The fraction of sp³-hybridized carbons (Fsp3) is 0.312. The first-order valence-electron chi connectivity index (χ1n) is 6.92. The van der Waals surface area contributed by atoms with Crippen LogP contribution in [-0.2, 0) is 6.42 Å². The van der Waals surface area contributed by atoms with E-state index in [0.717, 1.165) is 29.8 Å². The average Bonchev–Trinajstić information content (AvgIpc) is 2.51. The molecule has 0 aliphatic carbocycles. The first kappa shape index (κ1) is 14.5. The largest absolute Gasteiger partial charge is 0.494 e. The van der Waals surface area contributed by atoms with Gasteiger partial charge in [0.2, 0.25) is 0 Å². The second-order valence-corrected chi connectivity index (χ2v) is 4.58. The number of hydrogen-bond acceptors (Lipinski definition) is 4. The fourth-order valence-electron chi connectivity index (χ4n) is 2.15. The minimum atomic E-state index is 0.118. The van der Waals surface area contributed by atoms with Crippen LogP contribution in [0.2, 0.25) is 0 Å². The van der Waals surface area contributed by atoms with Crippen LogP contribution in [0, 0.1) is 0 Å². The Morgan fingerprint density at radius 2 is 2.00 bits per heavy atom. The molecule has 1 atom stereocenters. The van der Waals surface area contributed by atoms with Crippen LogP contribution in [0.1, 0.15) is 30.6 Å². The molecular formula is C16H21N3O. The van der Waals surface area contributed by atoms with Gasteiger partial charge < -0.3 is 4.74 Å². The zero-order valence-corrected chi connectivity index (χ0v) is 11.8. The summed E-state index contributed by atoms with van der Waals surface area (Å²) < 4.78 is 5.44. The first-order chi connectivity index (χ1) is 9.83. The third kappa shape index (κ3) is 4.05. The molecule has 2 rings (SSSR count). The zero-order valence-electron chi connectivity index (χ0n) is 11.8. The van der Waals surface area contributed by atoms with Gasteiger partial charge in [0.05, 0.1) is 6.61 Å². The maximum atomic E-state index is 5.66. The molecule has 20 heavy (non-hydrogen) atoms. The number of benzene rings is 1. The summed E-state index contributed by atoms with van der Waals surface area (Å²) in [4.78, 5) is 4.33. The molecule has 4 nitrogen and oxygen atoms in total. The van der Waals surface area contributed by atoms with Crippen molar-refractivity contribution >= 4 is 0 Å². The van der Waals surface area contributed by atoms with Crippen molar-refractivity contribution in [3.63, 3.8) is 0 Å². The number of pyridine rings is 1. The molecule has 0 aliphatic heterocycles. The molecule has 106 valence electrons. The lowest BCUT2D eigenvalue weighted by Crippen LogP contribution is -2.28. The van der Waals surface area contributed by atoms with Crippen molar-refractivity contribution < 1.29 is 4.74 Å². The van der Waals surface area contributed by atoms with E-state index in [1.54, 1.807) is 0 Å². The van der Waals surface area contributed by atoms with E-state index in [4.69, 9.17) is 10.6 Å². The monoisotopic (exact) mass is 271 g/mol. The van der Waals surface area contributed by atoms with Gasteiger partial charge >= 0.3 is 0 Å². The van der Waals surface area contributed by atoms with Crippen LogP contribution >= 0.6 is 0 Å². The first-order valence-corrected chi connectivity index (χ1v) is 6.92. The Balaban J connectivity index is 1.97. The molecule has 0 radical (unpaired) electrons. The Morgan fingerprint density at radius 1 is 1.20 bits per heavy atom. The van der Waals surface area contributed by atoms with E-state index in [2.05, 4.69) is 10.4 Å². The maximum absolute atomic E-state index is 5.66. The van der Waals surface area contributed by atoms with Crippen LogP contribution in [0.3, 0.4) is 0 Å². The normalized spacial score (nSPS) is 12.1. The third-order valence-electron chi connectivity index (χ3n) is 3.21. The number of nitrogens with zero attached hydrogens (tertiary/aromatic N) is 1. The highest BCUT2D eigenvalue weighted by molar-refractivity contribution is 5.29. The van der Waals surface area contributed by atoms with Gasteiger partial charge in [-0.05, 0) is 49.6 Å². The van der Waals surface area contributed by atoms with Gasteiger partial charge in [0.1, 0.15) is 5.75 Å². The molecule has 0 fully saturated rings. The second kappa shape index (κ2) is 7.62. The number of nitrogens with two attached hydrogens (primary N) is 1. The summed E-state index contributed by atoms with van der Waals surface area (Å²) >= 11 is 0. The van der Waals surface area contributed by atoms with Crippen LogP contribution < -0.4 is 16.0 Å². The van der Waals surface area contributed by atoms with Crippen LogP contribution in [0.15, 0.2) is 48.7 Å². The van der Waals surface area contributed by atoms with Crippen LogP contribution in [0.4, 0.5) is 0 Å². The van der Waals surface area contributed by atoms with E-state index < -0.39 is 0 Å². The van der Waals surface area contributed by atoms with Gasteiger partial charge in [0.25, 0.3) is 0 Å². The molecule has 0 aliphatic rings. The highest BCUT2D eigenvalue weighted by Gasteiger charge is 2.10. The molecule has 1 aromatic heterocycles. The van der Waals surface area contributed by atoms with E-state index in [0.29, 0.717) is 6.61 Å².